The summed E-state index contributed by atoms with van der Waals surface area (Å²) >= 11 is 0. The molecule has 108 valence electrons. The maximum Gasteiger partial charge on any atom is 0.408 e. The Hall–Kier alpha value is -1.59. The number of carbonyl (C=O) groups excluding carboxylic acids is 3. The molecule has 0 saturated heterocycles. The zero-order valence-electron chi connectivity index (χ0n) is 11.8. The van der Waals surface area contributed by atoms with Gasteiger partial charge in [-0.15, -0.1) is 0 Å². The third kappa shape index (κ3) is 4.89. The molecular formula is C13H21NO5. The van der Waals surface area contributed by atoms with Crippen molar-refractivity contribution in [3.8, 4) is 0 Å². The van der Waals surface area contributed by atoms with Crippen LogP contribution in [0.15, 0.2) is 0 Å². The summed E-state index contributed by atoms with van der Waals surface area (Å²) in [5.41, 5.74) is -0.621. The van der Waals surface area contributed by atoms with Crippen LogP contribution in [0.25, 0.3) is 0 Å². The number of esters is 1. The number of nitrogens with one attached hydrogen (secondary N) is 1. The Labute approximate surface area is 112 Å². The summed E-state index contributed by atoms with van der Waals surface area (Å²) in [4.78, 5) is 34.8. The molecule has 19 heavy (non-hydrogen) atoms. The van der Waals surface area contributed by atoms with Crippen LogP contribution in [0.2, 0.25) is 0 Å². The van der Waals surface area contributed by atoms with Gasteiger partial charge < -0.3 is 14.8 Å². The third-order valence-electron chi connectivity index (χ3n) is 2.87. The molecule has 0 aliphatic heterocycles. The lowest BCUT2D eigenvalue weighted by atomic mass is 9.85. The number of hydrogen-bond acceptors (Lipinski definition) is 5. The van der Waals surface area contributed by atoms with E-state index in [2.05, 4.69) is 10.1 Å². The number of ether oxygens (including phenoxy) is 2. The highest BCUT2D eigenvalue weighted by molar-refractivity contribution is 5.89. The van der Waals surface area contributed by atoms with Gasteiger partial charge in [0.25, 0.3) is 0 Å². The fourth-order valence-electron chi connectivity index (χ4n) is 1.99. The summed E-state index contributed by atoms with van der Waals surface area (Å²) in [5, 5.41) is 2.52. The third-order valence-corrected chi connectivity index (χ3v) is 2.87. The lowest BCUT2D eigenvalue weighted by molar-refractivity contribution is -0.147. The van der Waals surface area contributed by atoms with E-state index in [1.54, 1.807) is 20.8 Å². The minimum atomic E-state index is -0.673. The molecule has 6 heteroatoms. The fraction of sp³-hybridized carbons (Fsp3) is 0.769. The van der Waals surface area contributed by atoms with Gasteiger partial charge >= 0.3 is 12.1 Å². The molecule has 0 radical (unpaired) electrons. The first-order valence-electron chi connectivity index (χ1n) is 6.33. The molecule has 0 unspecified atom stereocenters. The monoisotopic (exact) mass is 271 g/mol. The van der Waals surface area contributed by atoms with Crippen molar-refractivity contribution < 1.29 is 23.9 Å². The number of rotatable bonds is 2. The van der Waals surface area contributed by atoms with Gasteiger partial charge in [0.05, 0.1) is 19.1 Å². The van der Waals surface area contributed by atoms with E-state index in [0.29, 0.717) is 6.42 Å². The number of hydrogen-bond donors (Lipinski definition) is 1. The first-order chi connectivity index (χ1) is 8.73. The molecular weight excluding hydrogens is 250 g/mol. The lowest BCUT2D eigenvalue weighted by Gasteiger charge is -2.28. The van der Waals surface area contributed by atoms with Crippen molar-refractivity contribution in [2.45, 2.75) is 51.7 Å². The second-order valence-electron chi connectivity index (χ2n) is 5.66. The summed E-state index contributed by atoms with van der Waals surface area (Å²) in [7, 11) is 1.31. The molecule has 0 aromatic carbocycles. The van der Waals surface area contributed by atoms with E-state index in [1.165, 1.54) is 7.11 Å². The van der Waals surface area contributed by atoms with Gasteiger partial charge in [-0.2, -0.15) is 0 Å². The Bertz CT molecular complexity index is 372. The van der Waals surface area contributed by atoms with Crippen molar-refractivity contribution in [1.82, 2.24) is 5.32 Å². The first kappa shape index (κ1) is 15.5. The van der Waals surface area contributed by atoms with E-state index >= 15 is 0 Å². The lowest BCUT2D eigenvalue weighted by Crippen LogP contribution is -2.47. The van der Waals surface area contributed by atoms with E-state index in [0.717, 1.165) is 0 Å². The van der Waals surface area contributed by atoms with Gasteiger partial charge in [0.2, 0.25) is 0 Å². The van der Waals surface area contributed by atoms with Crippen molar-refractivity contribution in [2.75, 3.05) is 7.11 Å². The summed E-state index contributed by atoms with van der Waals surface area (Å²) < 4.78 is 9.76. The van der Waals surface area contributed by atoms with Gasteiger partial charge in [-0.3, -0.25) is 9.59 Å². The zero-order chi connectivity index (χ0) is 14.6. The van der Waals surface area contributed by atoms with Crippen molar-refractivity contribution in [3.63, 3.8) is 0 Å². The van der Waals surface area contributed by atoms with Crippen LogP contribution < -0.4 is 5.32 Å². The molecule has 6 nitrogen and oxygen atoms in total. The van der Waals surface area contributed by atoms with E-state index in [-0.39, 0.29) is 30.5 Å². The summed E-state index contributed by atoms with van der Waals surface area (Å²) in [6.07, 6.45) is 0.361. The van der Waals surface area contributed by atoms with Crippen LogP contribution in [0.5, 0.6) is 0 Å². The number of methoxy groups -OCH3 is 1. The van der Waals surface area contributed by atoms with Crippen LogP contribution in [0.1, 0.15) is 40.0 Å². The van der Waals surface area contributed by atoms with E-state index < -0.39 is 17.7 Å². The standard InChI is InChI=1S/C13H21NO5/c1-13(2,3)19-12(17)14-9-7-8(11(16)18-4)5-6-10(9)15/h8-9H,5-7H2,1-4H3,(H,14,17)/t8-,9+/m0/s1. The summed E-state index contributed by atoms with van der Waals surface area (Å²) in [6.45, 7) is 5.23. The number of Topliss-reactive ketones (excluding diaryl/α,β-unsaturated/α-hetero) is 1. The minimum absolute atomic E-state index is 0.0778. The molecule has 1 fully saturated rings. The van der Waals surface area contributed by atoms with Crippen LogP contribution in [0.4, 0.5) is 4.79 Å². The average Bonchev–Trinajstić information content (AvgIpc) is 2.28. The van der Waals surface area contributed by atoms with Gasteiger partial charge in [-0.05, 0) is 33.6 Å². The van der Waals surface area contributed by atoms with Gasteiger partial charge in [0.15, 0.2) is 5.78 Å². The Kier molecular flexibility index (Phi) is 4.91. The Morgan fingerprint density at radius 2 is 1.95 bits per heavy atom. The summed E-state index contributed by atoms with van der Waals surface area (Å²) in [6, 6.07) is -0.673. The zero-order valence-corrected chi connectivity index (χ0v) is 11.8. The van der Waals surface area contributed by atoms with Crippen LogP contribution in [0, 0.1) is 5.92 Å². The molecule has 1 saturated carbocycles. The van der Waals surface area contributed by atoms with Gasteiger partial charge in [0, 0.05) is 6.42 Å². The average molecular weight is 271 g/mol. The van der Waals surface area contributed by atoms with Crippen molar-refractivity contribution in [3.05, 3.63) is 0 Å². The Morgan fingerprint density at radius 1 is 1.32 bits per heavy atom. The Morgan fingerprint density at radius 3 is 2.47 bits per heavy atom. The van der Waals surface area contributed by atoms with Crippen LogP contribution in [-0.2, 0) is 19.1 Å². The van der Waals surface area contributed by atoms with Crippen molar-refractivity contribution in [1.29, 1.82) is 0 Å². The van der Waals surface area contributed by atoms with E-state index in [4.69, 9.17) is 4.74 Å². The molecule has 0 aromatic heterocycles. The fourth-order valence-corrected chi connectivity index (χ4v) is 1.99. The minimum Gasteiger partial charge on any atom is -0.469 e. The number of ketones is 1. The number of carbonyl (C=O) groups is 3. The predicted octanol–water partition coefficient (Wildman–Crippen LogP) is 1.42. The molecule has 2 atom stereocenters. The maximum atomic E-state index is 11.7. The molecule has 0 spiro atoms. The van der Waals surface area contributed by atoms with Crippen molar-refractivity contribution in [2.24, 2.45) is 5.92 Å². The van der Waals surface area contributed by atoms with Crippen LogP contribution in [-0.4, -0.2) is 36.6 Å². The smallest absolute Gasteiger partial charge is 0.408 e. The highest BCUT2D eigenvalue weighted by Crippen LogP contribution is 2.23. The Balaban J connectivity index is 2.58. The van der Waals surface area contributed by atoms with E-state index in [1.807, 2.05) is 0 Å². The second-order valence-corrected chi connectivity index (χ2v) is 5.66. The molecule has 0 aromatic rings. The second kappa shape index (κ2) is 6.04. The molecule has 0 heterocycles. The molecule has 1 aliphatic carbocycles. The van der Waals surface area contributed by atoms with Crippen molar-refractivity contribution >= 4 is 17.8 Å². The van der Waals surface area contributed by atoms with Gasteiger partial charge in [-0.25, -0.2) is 4.79 Å². The molecule has 1 N–H and O–H groups in total. The first-order valence-corrected chi connectivity index (χ1v) is 6.33. The van der Waals surface area contributed by atoms with E-state index in [9.17, 15) is 14.4 Å². The molecule has 1 amide bonds. The molecule has 1 rings (SSSR count). The highest BCUT2D eigenvalue weighted by Gasteiger charge is 2.34. The molecule has 1 aliphatic rings. The highest BCUT2D eigenvalue weighted by atomic mass is 16.6. The SMILES string of the molecule is COC(=O)[C@H]1CCC(=O)[C@H](NC(=O)OC(C)(C)C)C1. The topological polar surface area (TPSA) is 81.7 Å². The van der Waals surface area contributed by atoms with Gasteiger partial charge in [-0.1, -0.05) is 0 Å². The summed E-state index contributed by atoms with van der Waals surface area (Å²) in [5.74, 6) is -0.767. The van der Waals surface area contributed by atoms with Crippen LogP contribution in [0.3, 0.4) is 0 Å². The largest absolute Gasteiger partial charge is 0.469 e. The number of alkyl carbamates (subject to hydrolysis) is 1. The quantitative estimate of drug-likeness (QED) is 0.768. The predicted molar refractivity (Wildman–Crippen MR) is 67.5 cm³/mol. The molecule has 0 bridgehead atoms. The number of amides is 1. The maximum absolute atomic E-state index is 11.7. The van der Waals surface area contributed by atoms with Crippen LogP contribution >= 0.6 is 0 Å². The van der Waals surface area contributed by atoms with Gasteiger partial charge in [0.1, 0.15) is 5.60 Å². The normalized spacial score (nSPS) is 23.7.